The van der Waals surface area contributed by atoms with Crippen LogP contribution in [0, 0.1) is 0 Å². The molecule has 27 heavy (non-hydrogen) atoms. The number of hydrogen-bond acceptors (Lipinski definition) is 6. The summed E-state index contributed by atoms with van der Waals surface area (Å²) in [5.41, 5.74) is 0. The molecule has 1 N–H and O–H groups in total. The normalized spacial score (nSPS) is 14.8. The molecule has 1 fully saturated rings. The van der Waals surface area contributed by atoms with Gasteiger partial charge in [0.25, 0.3) is 0 Å². The number of nitrogens with one attached hydrogen (secondary N) is 1. The number of amides is 1. The van der Waals surface area contributed by atoms with Gasteiger partial charge in [0.15, 0.2) is 11.0 Å². The molecule has 1 heterocycles. The quantitative estimate of drug-likeness (QED) is 0.479. The van der Waals surface area contributed by atoms with Gasteiger partial charge in [-0.05, 0) is 31.9 Å². The van der Waals surface area contributed by atoms with E-state index in [1.54, 1.807) is 13.2 Å². The molecule has 1 aliphatic rings. The molecule has 0 bridgehead atoms. The minimum Gasteiger partial charge on any atom is -0.484 e. The van der Waals surface area contributed by atoms with Gasteiger partial charge >= 0.3 is 0 Å². The zero-order valence-electron chi connectivity index (χ0n) is 15.4. The Morgan fingerprint density at radius 3 is 2.89 bits per heavy atom. The smallest absolute Gasteiger partial charge is 0.233 e. The summed E-state index contributed by atoms with van der Waals surface area (Å²) in [7, 11) is 1.61. The highest BCUT2D eigenvalue weighted by Gasteiger charge is 2.31. The number of carbonyl (C=O) groups is 1. The van der Waals surface area contributed by atoms with Crippen LogP contribution in [0.25, 0.3) is 0 Å². The summed E-state index contributed by atoms with van der Waals surface area (Å²) in [6, 6.07) is 7.71. The summed E-state index contributed by atoms with van der Waals surface area (Å²) in [5.74, 6) is 1.31. The van der Waals surface area contributed by atoms with Crippen LogP contribution in [0.3, 0.4) is 0 Å². The number of methoxy groups -OCH3 is 1. The van der Waals surface area contributed by atoms with E-state index in [1.165, 1.54) is 11.8 Å². The minimum absolute atomic E-state index is 0.0451. The number of ether oxygens (including phenoxy) is 2. The Bertz CT molecular complexity index is 782. The summed E-state index contributed by atoms with van der Waals surface area (Å²) >= 11 is 7.55. The van der Waals surface area contributed by atoms with Gasteiger partial charge in [-0.15, -0.1) is 10.2 Å². The van der Waals surface area contributed by atoms with E-state index >= 15 is 0 Å². The van der Waals surface area contributed by atoms with Gasteiger partial charge < -0.3 is 14.8 Å². The van der Waals surface area contributed by atoms with Gasteiger partial charge in [0, 0.05) is 19.7 Å². The topological polar surface area (TPSA) is 78.3 Å². The minimum atomic E-state index is -0.277. The molecule has 1 aromatic heterocycles. The van der Waals surface area contributed by atoms with Crippen LogP contribution in [0.1, 0.15) is 31.6 Å². The van der Waals surface area contributed by atoms with E-state index in [2.05, 4.69) is 20.1 Å². The summed E-state index contributed by atoms with van der Waals surface area (Å²) in [6.07, 6.45) is 2.16. The highest BCUT2D eigenvalue weighted by Crippen LogP contribution is 2.39. The molecule has 1 aromatic carbocycles. The molecule has 7 nitrogen and oxygen atoms in total. The van der Waals surface area contributed by atoms with Crippen molar-refractivity contribution in [3.63, 3.8) is 0 Å². The first-order chi connectivity index (χ1) is 13.1. The molecule has 0 saturated heterocycles. The molecular formula is C18H23ClN4O3S. The van der Waals surface area contributed by atoms with E-state index in [-0.39, 0.29) is 17.8 Å². The maximum atomic E-state index is 12.2. The summed E-state index contributed by atoms with van der Waals surface area (Å²) in [5, 5.41) is 12.4. The van der Waals surface area contributed by atoms with Gasteiger partial charge in [-0.25, -0.2) is 0 Å². The van der Waals surface area contributed by atoms with Crippen molar-refractivity contribution in [3.05, 3.63) is 35.1 Å². The third-order valence-corrected chi connectivity index (χ3v) is 5.47. The van der Waals surface area contributed by atoms with E-state index in [0.717, 1.165) is 23.8 Å². The molecule has 9 heteroatoms. The monoisotopic (exact) mass is 410 g/mol. The predicted octanol–water partition coefficient (Wildman–Crippen LogP) is 3.09. The average molecular weight is 411 g/mol. The molecule has 0 aliphatic heterocycles. The van der Waals surface area contributed by atoms with Crippen molar-refractivity contribution >= 4 is 29.3 Å². The van der Waals surface area contributed by atoms with Crippen LogP contribution in [0.15, 0.2) is 29.4 Å². The standard InChI is InChI=1S/C18H23ClN4O3S/c1-12(17(24)20-9-10-25-2)27-18-22-21-16(23(18)13-7-8-13)11-26-15-6-4-3-5-14(15)19/h3-6,12-13H,7-11H2,1-2H3,(H,20,24)/t12-/m0/s1. The fourth-order valence-corrected chi connectivity index (χ4v) is 3.67. The molecular weight excluding hydrogens is 388 g/mol. The van der Waals surface area contributed by atoms with Gasteiger partial charge in [0.2, 0.25) is 5.91 Å². The van der Waals surface area contributed by atoms with Crippen molar-refractivity contribution in [2.24, 2.45) is 0 Å². The van der Waals surface area contributed by atoms with E-state index in [9.17, 15) is 4.79 Å². The van der Waals surface area contributed by atoms with E-state index in [1.807, 2.05) is 25.1 Å². The maximum absolute atomic E-state index is 12.2. The zero-order chi connectivity index (χ0) is 19.2. The second-order valence-corrected chi connectivity index (χ2v) is 7.98. The largest absolute Gasteiger partial charge is 0.484 e. The zero-order valence-corrected chi connectivity index (χ0v) is 16.9. The van der Waals surface area contributed by atoms with Crippen molar-refractivity contribution in [2.45, 2.75) is 42.8 Å². The predicted molar refractivity (Wildman–Crippen MR) is 104 cm³/mol. The van der Waals surface area contributed by atoms with E-state index in [0.29, 0.717) is 30.0 Å². The van der Waals surface area contributed by atoms with Crippen LogP contribution in [-0.2, 0) is 16.1 Å². The lowest BCUT2D eigenvalue weighted by Gasteiger charge is -2.13. The fraction of sp³-hybridized carbons (Fsp3) is 0.500. The highest BCUT2D eigenvalue weighted by atomic mass is 35.5. The van der Waals surface area contributed by atoms with Crippen molar-refractivity contribution in [1.29, 1.82) is 0 Å². The third kappa shape index (κ3) is 5.37. The molecule has 0 spiro atoms. The summed E-state index contributed by atoms with van der Waals surface area (Å²) in [4.78, 5) is 12.2. The SMILES string of the molecule is COCCNC(=O)[C@H](C)Sc1nnc(COc2ccccc2Cl)n1C1CC1. The van der Waals surface area contributed by atoms with Gasteiger partial charge in [-0.2, -0.15) is 0 Å². The number of halogens is 1. The highest BCUT2D eigenvalue weighted by molar-refractivity contribution is 8.00. The van der Waals surface area contributed by atoms with E-state index < -0.39 is 0 Å². The molecule has 0 radical (unpaired) electrons. The lowest BCUT2D eigenvalue weighted by molar-refractivity contribution is -0.120. The van der Waals surface area contributed by atoms with Gasteiger partial charge in [0.1, 0.15) is 12.4 Å². The molecule has 146 valence electrons. The van der Waals surface area contributed by atoms with Gasteiger partial charge in [-0.1, -0.05) is 35.5 Å². The second-order valence-electron chi connectivity index (χ2n) is 6.26. The Hall–Kier alpha value is -1.77. The van der Waals surface area contributed by atoms with Gasteiger partial charge in [-0.3, -0.25) is 9.36 Å². The third-order valence-electron chi connectivity index (χ3n) is 4.10. The molecule has 1 atom stereocenters. The lowest BCUT2D eigenvalue weighted by atomic mass is 10.3. The number of carbonyl (C=O) groups excluding carboxylic acids is 1. The first-order valence-corrected chi connectivity index (χ1v) is 10.1. The van der Waals surface area contributed by atoms with Crippen LogP contribution >= 0.6 is 23.4 Å². The van der Waals surface area contributed by atoms with Crippen molar-refractivity contribution in [3.8, 4) is 5.75 Å². The molecule has 0 unspecified atom stereocenters. The fourth-order valence-electron chi connectivity index (χ4n) is 2.52. The van der Waals surface area contributed by atoms with Crippen LogP contribution < -0.4 is 10.1 Å². The number of benzene rings is 1. The number of para-hydroxylation sites is 1. The molecule has 3 rings (SSSR count). The first kappa shape index (κ1) is 20.0. The Morgan fingerprint density at radius 2 is 2.19 bits per heavy atom. The first-order valence-electron chi connectivity index (χ1n) is 8.84. The Balaban J connectivity index is 1.65. The van der Waals surface area contributed by atoms with E-state index in [4.69, 9.17) is 21.1 Å². The molecule has 1 amide bonds. The Morgan fingerprint density at radius 1 is 1.41 bits per heavy atom. The Labute approximate surface area is 167 Å². The van der Waals surface area contributed by atoms with Crippen LogP contribution in [0.5, 0.6) is 5.75 Å². The lowest BCUT2D eigenvalue weighted by Crippen LogP contribution is -2.33. The van der Waals surface area contributed by atoms with Gasteiger partial charge in [0.05, 0.1) is 16.9 Å². The summed E-state index contributed by atoms with van der Waals surface area (Å²) in [6.45, 7) is 3.12. The number of hydrogen-bond donors (Lipinski definition) is 1. The maximum Gasteiger partial charge on any atom is 0.233 e. The van der Waals surface area contributed by atoms with Crippen LogP contribution in [0.4, 0.5) is 0 Å². The van der Waals surface area contributed by atoms with Crippen molar-refractivity contribution < 1.29 is 14.3 Å². The van der Waals surface area contributed by atoms with Crippen molar-refractivity contribution in [2.75, 3.05) is 20.3 Å². The molecule has 1 aliphatic carbocycles. The summed E-state index contributed by atoms with van der Waals surface area (Å²) < 4.78 is 12.9. The second kappa shape index (κ2) is 9.43. The number of thioether (sulfide) groups is 1. The number of aromatic nitrogens is 3. The molecule has 2 aromatic rings. The van der Waals surface area contributed by atoms with Crippen LogP contribution in [0.2, 0.25) is 5.02 Å². The van der Waals surface area contributed by atoms with Crippen molar-refractivity contribution in [1.82, 2.24) is 20.1 Å². The number of nitrogens with zero attached hydrogens (tertiary/aromatic N) is 3. The number of rotatable bonds is 10. The molecule has 1 saturated carbocycles. The Kier molecular flexibility index (Phi) is 6.98. The van der Waals surface area contributed by atoms with Crippen LogP contribution in [-0.4, -0.2) is 46.2 Å². The average Bonchev–Trinajstić information content (AvgIpc) is 3.42.